The number of rotatable bonds is 5. The Labute approximate surface area is 251 Å². The van der Waals surface area contributed by atoms with Crippen molar-refractivity contribution in [3.05, 3.63) is 87.0 Å². The SMILES string of the molecule is COc1cc(C=CC2C3=CCC4C(=O)N(c5ccc(Br)cc5)C(=O)C4C3CC3=C2C(=O)C=C(C)C3=O)cc(OC)c1O. The van der Waals surface area contributed by atoms with E-state index < -0.39 is 23.7 Å². The highest BCUT2D eigenvalue weighted by molar-refractivity contribution is 9.10. The van der Waals surface area contributed by atoms with Gasteiger partial charge in [0.05, 0.1) is 31.7 Å². The summed E-state index contributed by atoms with van der Waals surface area (Å²) in [5.41, 5.74) is 3.18. The van der Waals surface area contributed by atoms with Crippen LogP contribution in [-0.2, 0) is 19.2 Å². The quantitative estimate of drug-likeness (QED) is 0.270. The first kappa shape index (κ1) is 27.9. The summed E-state index contributed by atoms with van der Waals surface area (Å²) in [5.74, 6) is -2.84. The van der Waals surface area contributed by atoms with Crippen LogP contribution in [0.25, 0.3) is 6.08 Å². The smallest absolute Gasteiger partial charge is 0.238 e. The topological polar surface area (TPSA) is 110 Å². The van der Waals surface area contributed by atoms with Gasteiger partial charge in [0.25, 0.3) is 0 Å². The van der Waals surface area contributed by atoms with Gasteiger partial charge in [-0.05, 0) is 73.7 Å². The number of anilines is 1. The molecule has 3 aliphatic carbocycles. The number of amides is 2. The molecule has 4 aliphatic rings. The Morgan fingerprint density at radius 2 is 1.64 bits per heavy atom. The standard InChI is InChI=1S/C33H28BrNO7/c1-16-12-25(36)28-21(9-4-17-13-26(41-2)31(38)27(14-17)42-3)20-10-11-22-29(23(20)15-24(28)30(16)37)33(40)35(32(22)39)19-7-5-18(34)6-8-19/h4-10,12-14,21-23,29,38H,11,15H2,1-3H3. The van der Waals surface area contributed by atoms with Gasteiger partial charge in [-0.15, -0.1) is 0 Å². The molecule has 1 fully saturated rings. The van der Waals surface area contributed by atoms with E-state index in [1.807, 2.05) is 12.2 Å². The molecule has 1 heterocycles. The number of Topliss-reactive ketones (excluding diaryl/α,β-unsaturated/α-hetero) is 1. The molecule has 42 heavy (non-hydrogen) atoms. The third kappa shape index (κ3) is 4.34. The summed E-state index contributed by atoms with van der Waals surface area (Å²) in [5, 5.41) is 10.3. The first-order valence-electron chi connectivity index (χ1n) is 13.6. The van der Waals surface area contributed by atoms with Crippen LogP contribution in [0.3, 0.4) is 0 Å². The fourth-order valence-corrected chi connectivity index (χ4v) is 6.99. The maximum Gasteiger partial charge on any atom is 0.238 e. The molecule has 2 amide bonds. The zero-order valence-electron chi connectivity index (χ0n) is 23.2. The average molecular weight is 630 g/mol. The number of fused-ring (bicyclic) bond motifs is 3. The Bertz CT molecular complexity index is 1660. The normalized spacial score (nSPS) is 25.3. The minimum Gasteiger partial charge on any atom is -0.502 e. The Kier molecular flexibility index (Phi) is 7.01. The van der Waals surface area contributed by atoms with Crippen molar-refractivity contribution in [3.63, 3.8) is 0 Å². The molecule has 0 aromatic heterocycles. The molecule has 1 saturated heterocycles. The Hall–Kier alpha value is -4.24. The lowest BCUT2D eigenvalue weighted by atomic mass is 9.60. The average Bonchev–Trinajstić information content (AvgIpc) is 3.24. The monoisotopic (exact) mass is 629 g/mol. The van der Waals surface area contributed by atoms with E-state index in [4.69, 9.17) is 9.47 Å². The first-order chi connectivity index (χ1) is 20.1. The Balaban J connectivity index is 1.43. The highest BCUT2D eigenvalue weighted by atomic mass is 79.9. The van der Waals surface area contributed by atoms with Crippen LogP contribution in [0.1, 0.15) is 25.3 Å². The van der Waals surface area contributed by atoms with Crippen molar-refractivity contribution >= 4 is 51.1 Å². The number of phenolic OH excluding ortho intramolecular Hbond substituents is 1. The van der Waals surface area contributed by atoms with Gasteiger partial charge in [0.1, 0.15) is 0 Å². The van der Waals surface area contributed by atoms with Crippen LogP contribution < -0.4 is 14.4 Å². The minimum absolute atomic E-state index is 0.130. The first-order valence-corrected chi connectivity index (χ1v) is 14.4. The molecule has 4 atom stereocenters. The summed E-state index contributed by atoms with van der Waals surface area (Å²) < 4.78 is 11.4. The summed E-state index contributed by atoms with van der Waals surface area (Å²) >= 11 is 3.40. The van der Waals surface area contributed by atoms with Gasteiger partial charge in [-0.3, -0.25) is 24.1 Å². The summed E-state index contributed by atoms with van der Waals surface area (Å²) in [6.07, 6.45) is 7.55. The number of carbonyl (C=O) groups is 4. The number of allylic oxidation sites excluding steroid dienone is 7. The van der Waals surface area contributed by atoms with Gasteiger partial charge >= 0.3 is 0 Å². The second-order valence-corrected chi connectivity index (χ2v) is 11.8. The molecule has 4 unspecified atom stereocenters. The predicted octanol–water partition coefficient (Wildman–Crippen LogP) is 5.35. The summed E-state index contributed by atoms with van der Waals surface area (Å²) in [4.78, 5) is 55.6. The van der Waals surface area contributed by atoms with E-state index in [0.29, 0.717) is 34.4 Å². The van der Waals surface area contributed by atoms with Crippen molar-refractivity contribution in [2.24, 2.45) is 23.7 Å². The number of methoxy groups -OCH3 is 2. The number of ketones is 2. The van der Waals surface area contributed by atoms with E-state index in [0.717, 1.165) is 10.0 Å². The summed E-state index contributed by atoms with van der Waals surface area (Å²) in [6, 6.07) is 10.3. The molecule has 0 bridgehead atoms. The predicted molar refractivity (Wildman–Crippen MR) is 159 cm³/mol. The van der Waals surface area contributed by atoms with Crippen molar-refractivity contribution < 1.29 is 33.8 Å². The number of hydrogen-bond donors (Lipinski definition) is 1. The van der Waals surface area contributed by atoms with Crippen molar-refractivity contribution in [3.8, 4) is 17.2 Å². The molecule has 0 spiro atoms. The fourth-order valence-electron chi connectivity index (χ4n) is 6.72. The van der Waals surface area contributed by atoms with E-state index in [1.54, 1.807) is 49.4 Å². The molecule has 2 aromatic carbocycles. The Morgan fingerprint density at radius 3 is 2.29 bits per heavy atom. The van der Waals surface area contributed by atoms with Gasteiger partial charge in [0.2, 0.25) is 17.6 Å². The van der Waals surface area contributed by atoms with Crippen molar-refractivity contribution in [2.45, 2.75) is 19.8 Å². The summed E-state index contributed by atoms with van der Waals surface area (Å²) in [6.45, 7) is 1.62. The van der Waals surface area contributed by atoms with Gasteiger partial charge in [0.15, 0.2) is 23.1 Å². The zero-order valence-corrected chi connectivity index (χ0v) is 24.8. The van der Waals surface area contributed by atoms with E-state index >= 15 is 0 Å². The highest BCUT2D eigenvalue weighted by Gasteiger charge is 2.56. The lowest BCUT2D eigenvalue weighted by Crippen LogP contribution is -2.40. The van der Waals surface area contributed by atoms with Crippen LogP contribution >= 0.6 is 15.9 Å². The number of ether oxygens (including phenoxy) is 2. The lowest BCUT2D eigenvalue weighted by Gasteiger charge is -2.41. The Morgan fingerprint density at radius 1 is 0.976 bits per heavy atom. The van der Waals surface area contributed by atoms with Crippen LogP contribution in [0, 0.1) is 23.7 Å². The number of phenols is 1. The maximum absolute atomic E-state index is 13.9. The van der Waals surface area contributed by atoms with E-state index in [2.05, 4.69) is 15.9 Å². The third-order valence-electron chi connectivity index (χ3n) is 8.68. The van der Waals surface area contributed by atoms with Gasteiger partial charge in [-0.25, -0.2) is 0 Å². The van der Waals surface area contributed by atoms with Gasteiger partial charge < -0.3 is 14.6 Å². The van der Waals surface area contributed by atoms with E-state index in [1.165, 1.54) is 25.2 Å². The van der Waals surface area contributed by atoms with Gasteiger partial charge in [0, 0.05) is 27.1 Å². The number of aromatic hydroxyl groups is 1. The molecule has 6 rings (SSSR count). The van der Waals surface area contributed by atoms with Gasteiger partial charge in [-0.1, -0.05) is 39.7 Å². The van der Waals surface area contributed by atoms with Crippen molar-refractivity contribution in [1.29, 1.82) is 0 Å². The zero-order chi connectivity index (χ0) is 29.9. The molecule has 1 N–H and O–H groups in total. The number of imide groups is 1. The maximum atomic E-state index is 13.9. The molecule has 1 aliphatic heterocycles. The number of benzene rings is 2. The molecular formula is C33H28BrNO7. The molecule has 0 radical (unpaired) electrons. The van der Waals surface area contributed by atoms with Crippen LogP contribution in [0.4, 0.5) is 5.69 Å². The van der Waals surface area contributed by atoms with Crippen molar-refractivity contribution in [1.82, 2.24) is 0 Å². The minimum atomic E-state index is -0.644. The molecule has 9 heteroatoms. The van der Waals surface area contributed by atoms with Crippen LogP contribution in [0.15, 0.2) is 81.4 Å². The number of halogens is 1. The third-order valence-corrected chi connectivity index (χ3v) is 9.21. The number of hydrogen-bond acceptors (Lipinski definition) is 7. The van der Waals surface area contributed by atoms with Crippen molar-refractivity contribution in [2.75, 3.05) is 19.1 Å². The second kappa shape index (κ2) is 10.5. The number of nitrogens with zero attached hydrogens (tertiary/aromatic N) is 1. The summed E-state index contributed by atoms with van der Waals surface area (Å²) in [7, 11) is 2.87. The largest absolute Gasteiger partial charge is 0.502 e. The van der Waals surface area contributed by atoms with E-state index in [9.17, 15) is 24.3 Å². The lowest BCUT2D eigenvalue weighted by molar-refractivity contribution is -0.123. The van der Waals surface area contributed by atoms with Crippen LogP contribution in [0.5, 0.6) is 17.2 Å². The second-order valence-electron chi connectivity index (χ2n) is 10.9. The van der Waals surface area contributed by atoms with Gasteiger partial charge in [-0.2, -0.15) is 0 Å². The molecular weight excluding hydrogens is 602 g/mol. The van der Waals surface area contributed by atoms with E-state index in [-0.39, 0.29) is 47.1 Å². The van der Waals surface area contributed by atoms with Crippen LogP contribution in [0.2, 0.25) is 0 Å². The highest BCUT2D eigenvalue weighted by Crippen LogP contribution is 2.53. The molecule has 2 aromatic rings. The van der Waals surface area contributed by atoms with Crippen LogP contribution in [-0.4, -0.2) is 42.7 Å². The molecule has 214 valence electrons. The molecule has 8 nitrogen and oxygen atoms in total. The fraction of sp³-hybridized carbons (Fsp3) is 0.273. The molecule has 0 saturated carbocycles. The number of carbonyl (C=O) groups excluding carboxylic acids is 4.